The van der Waals surface area contributed by atoms with Crippen LogP contribution in [0.5, 0.6) is 0 Å². The number of hydrogen-bond acceptors (Lipinski definition) is 4. The molecule has 132 valence electrons. The number of para-hydroxylation sites is 1. The van der Waals surface area contributed by atoms with E-state index >= 15 is 0 Å². The summed E-state index contributed by atoms with van der Waals surface area (Å²) in [5.74, 6) is -0.744. The second-order valence-corrected chi connectivity index (χ2v) is 6.08. The Hall–Kier alpha value is -3.06. The van der Waals surface area contributed by atoms with Crippen LogP contribution in [0.2, 0.25) is 5.02 Å². The van der Waals surface area contributed by atoms with E-state index in [1.54, 1.807) is 25.2 Å². The van der Waals surface area contributed by atoms with Crippen molar-refractivity contribution in [3.63, 3.8) is 0 Å². The molecule has 0 atom stereocenters. The van der Waals surface area contributed by atoms with Gasteiger partial charge in [0.1, 0.15) is 11.3 Å². The Morgan fingerprint density at radius 2 is 1.96 bits per heavy atom. The van der Waals surface area contributed by atoms with E-state index in [1.165, 1.54) is 35.4 Å². The smallest absolute Gasteiger partial charge is 0.295 e. The minimum Gasteiger partial charge on any atom is -0.337 e. The quantitative estimate of drug-likeness (QED) is 0.507. The molecule has 26 heavy (non-hydrogen) atoms. The van der Waals surface area contributed by atoms with Crippen molar-refractivity contribution in [3.05, 3.63) is 80.7 Å². The molecule has 0 aliphatic carbocycles. The highest BCUT2D eigenvalue weighted by molar-refractivity contribution is 6.38. The normalized spacial score (nSPS) is 10.7. The number of fused-ring (bicyclic) bond motifs is 1. The van der Waals surface area contributed by atoms with E-state index in [4.69, 9.17) is 11.6 Å². The van der Waals surface area contributed by atoms with Crippen molar-refractivity contribution in [3.8, 4) is 0 Å². The minimum absolute atomic E-state index is 0.106. The van der Waals surface area contributed by atoms with Crippen LogP contribution in [-0.2, 0) is 6.54 Å². The van der Waals surface area contributed by atoms with E-state index < -0.39 is 4.92 Å². The maximum atomic E-state index is 13.0. The van der Waals surface area contributed by atoms with Gasteiger partial charge in [-0.15, -0.1) is 0 Å². The predicted molar refractivity (Wildman–Crippen MR) is 95.6 cm³/mol. The van der Waals surface area contributed by atoms with E-state index in [9.17, 15) is 19.3 Å². The van der Waals surface area contributed by atoms with E-state index in [2.05, 4.69) is 4.98 Å². The van der Waals surface area contributed by atoms with Crippen LogP contribution in [0.25, 0.3) is 10.9 Å². The molecule has 1 aromatic heterocycles. The summed E-state index contributed by atoms with van der Waals surface area (Å²) < 4.78 is 13.0. The average Bonchev–Trinajstić information content (AvgIpc) is 2.63. The zero-order chi connectivity index (χ0) is 18.8. The Morgan fingerprint density at radius 1 is 1.27 bits per heavy atom. The van der Waals surface area contributed by atoms with Gasteiger partial charge in [0.2, 0.25) is 0 Å². The largest absolute Gasteiger partial charge is 0.337 e. The third-order valence-electron chi connectivity index (χ3n) is 3.92. The number of hydrogen-bond donors (Lipinski definition) is 0. The second kappa shape index (κ2) is 7.05. The van der Waals surface area contributed by atoms with E-state index in [0.717, 1.165) is 5.56 Å². The summed E-state index contributed by atoms with van der Waals surface area (Å²) in [4.78, 5) is 28.7. The van der Waals surface area contributed by atoms with Gasteiger partial charge in [0.05, 0.1) is 15.5 Å². The summed E-state index contributed by atoms with van der Waals surface area (Å²) in [6.07, 6.45) is 1.24. The van der Waals surface area contributed by atoms with Gasteiger partial charge in [-0.1, -0.05) is 35.9 Å². The number of pyridine rings is 1. The van der Waals surface area contributed by atoms with Crippen LogP contribution < -0.4 is 0 Å². The van der Waals surface area contributed by atoms with Crippen molar-refractivity contribution in [2.45, 2.75) is 6.54 Å². The Morgan fingerprint density at radius 3 is 2.62 bits per heavy atom. The van der Waals surface area contributed by atoms with Crippen LogP contribution in [0, 0.1) is 15.9 Å². The molecule has 0 aliphatic rings. The average molecular weight is 374 g/mol. The van der Waals surface area contributed by atoms with Crippen LogP contribution in [0.3, 0.4) is 0 Å². The number of nitrogens with zero attached hydrogens (tertiary/aromatic N) is 3. The zero-order valence-electron chi connectivity index (χ0n) is 13.6. The number of halogens is 2. The van der Waals surface area contributed by atoms with Gasteiger partial charge in [-0.2, -0.15) is 0 Å². The van der Waals surface area contributed by atoms with Gasteiger partial charge in [-0.25, -0.2) is 9.37 Å². The lowest BCUT2D eigenvalue weighted by molar-refractivity contribution is -0.383. The highest BCUT2D eigenvalue weighted by Gasteiger charge is 2.21. The number of carbonyl (C=O) groups excluding carboxylic acids is 1. The fourth-order valence-electron chi connectivity index (χ4n) is 2.61. The molecule has 0 saturated heterocycles. The molecule has 0 aliphatic heterocycles. The molecule has 3 aromatic rings. The van der Waals surface area contributed by atoms with E-state index in [0.29, 0.717) is 5.39 Å². The first-order valence-corrected chi connectivity index (χ1v) is 7.98. The van der Waals surface area contributed by atoms with E-state index in [-0.39, 0.29) is 40.1 Å². The number of rotatable bonds is 4. The highest BCUT2D eigenvalue weighted by atomic mass is 35.5. The van der Waals surface area contributed by atoms with Gasteiger partial charge in [0, 0.05) is 31.2 Å². The first kappa shape index (κ1) is 17.8. The van der Waals surface area contributed by atoms with Gasteiger partial charge in [0.15, 0.2) is 0 Å². The van der Waals surface area contributed by atoms with Gasteiger partial charge in [-0.05, 0) is 17.7 Å². The first-order valence-electron chi connectivity index (χ1n) is 7.60. The molecular formula is C18H13ClFN3O3. The third-order valence-corrected chi connectivity index (χ3v) is 4.32. The molecule has 0 unspecified atom stereocenters. The summed E-state index contributed by atoms with van der Waals surface area (Å²) in [6.45, 7) is 0.252. The van der Waals surface area contributed by atoms with Gasteiger partial charge >= 0.3 is 0 Å². The van der Waals surface area contributed by atoms with E-state index in [1.807, 2.05) is 0 Å². The molecular weight excluding hydrogens is 361 g/mol. The molecule has 0 spiro atoms. The molecule has 6 nitrogen and oxygen atoms in total. The zero-order valence-corrected chi connectivity index (χ0v) is 14.4. The standard InChI is InChI=1S/C18H13ClFN3O3/c1-22(10-11-5-7-12(20)8-6-11)18(24)14-9-21-17-13(16(14)19)3-2-4-15(17)23(25)26/h2-9H,10H2,1H3. The number of carbonyl (C=O) groups is 1. The van der Waals surface area contributed by atoms with Gasteiger partial charge < -0.3 is 4.90 Å². The second-order valence-electron chi connectivity index (χ2n) is 5.70. The lowest BCUT2D eigenvalue weighted by atomic mass is 10.1. The van der Waals surface area contributed by atoms with Gasteiger partial charge in [-0.3, -0.25) is 14.9 Å². The summed E-state index contributed by atoms with van der Waals surface area (Å²) in [5.41, 5.74) is 0.843. The fourth-order valence-corrected chi connectivity index (χ4v) is 2.89. The maximum absolute atomic E-state index is 13.0. The molecule has 0 bridgehead atoms. The summed E-state index contributed by atoms with van der Waals surface area (Å²) >= 11 is 6.32. The van der Waals surface area contributed by atoms with Crippen molar-refractivity contribution in [2.75, 3.05) is 7.05 Å². The van der Waals surface area contributed by atoms with Gasteiger partial charge in [0.25, 0.3) is 11.6 Å². The first-order chi connectivity index (χ1) is 12.4. The molecule has 0 N–H and O–H groups in total. The van der Waals surface area contributed by atoms with Crippen molar-refractivity contribution >= 4 is 34.1 Å². The predicted octanol–water partition coefficient (Wildman–Crippen LogP) is 4.21. The minimum atomic E-state index is -0.548. The Balaban J connectivity index is 1.94. The number of non-ortho nitro benzene ring substituents is 1. The molecule has 0 radical (unpaired) electrons. The van der Waals surface area contributed by atoms with Crippen molar-refractivity contribution in [1.29, 1.82) is 0 Å². The lowest BCUT2D eigenvalue weighted by Gasteiger charge is -2.18. The number of aromatic nitrogens is 1. The fraction of sp³-hybridized carbons (Fsp3) is 0.111. The van der Waals surface area contributed by atoms with Crippen LogP contribution >= 0.6 is 11.6 Å². The number of nitro groups is 1. The Bertz CT molecular complexity index is 1010. The number of amides is 1. The molecule has 0 saturated carbocycles. The maximum Gasteiger partial charge on any atom is 0.295 e. The van der Waals surface area contributed by atoms with Crippen LogP contribution in [0.15, 0.2) is 48.7 Å². The number of nitro benzene ring substituents is 1. The summed E-state index contributed by atoms with van der Waals surface area (Å²) in [6, 6.07) is 10.2. The topological polar surface area (TPSA) is 76.3 Å². The van der Waals surface area contributed by atoms with Crippen molar-refractivity contribution in [1.82, 2.24) is 9.88 Å². The molecule has 0 fully saturated rings. The molecule has 1 amide bonds. The number of benzene rings is 2. The lowest BCUT2D eigenvalue weighted by Crippen LogP contribution is -2.26. The van der Waals surface area contributed by atoms with Crippen LogP contribution in [0.1, 0.15) is 15.9 Å². The molecule has 8 heteroatoms. The van der Waals surface area contributed by atoms with Crippen LogP contribution in [0.4, 0.5) is 10.1 Å². The molecule has 1 heterocycles. The molecule has 2 aromatic carbocycles. The highest BCUT2D eigenvalue weighted by Crippen LogP contribution is 2.31. The van der Waals surface area contributed by atoms with Crippen molar-refractivity contribution < 1.29 is 14.1 Å². The SMILES string of the molecule is CN(Cc1ccc(F)cc1)C(=O)c1cnc2c([N+](=O)[O-])cccc2c1Cl. The van der Waals surface area contributed by atoms with Crippen LogP contribution in [-0.4, -0.2) is 27.8 Å². The summed E-state index contributed by atoms with van der Waals surface area (Å²) in [7, 11) is 1.58. The Kier molecular flexibility index (Phi) is 4.81. The summed E-state index contributed by atoms with van der Waals surface area (Å²) in [5, 5.41) is 11.5. The monoisotopic (exact) mass is 373 g/mol. The molecule has 3 rings (SSSR count). The van der Waals surface area contributed by atoms with Crippen molar-refractivity contribution in [2.24, 2.45) is 0 Å². The third kappa shape index (κ3) is 3.34. The Labute approximate surface area is 153 Å².